The van der Waals surface area contributed by atoms with Crippen molar-refractivity contribution in [2.24, 2.45) is 0 Å². The number of alkyl halides is 3. The monoisotopic (exact) mass is 323 g/mol. The molecule has 1 aromatic rings. The number of benzene rings is 1. The number of hydrogen-bond acceptors (Lipinski definition) is 3. The average Bonchev–Trinajstić information content (AvgIpc) is 2.33. The maximum absolute atomic E-state index is 12.0. The lowest BCUT2D eigenvalue weighted by atomic mass is 10.1. The second-order valence-electron chi connectivity index (χ2n) is 5.57. The van der Waals surface area contributed by atoms with Gasteiger partial charge in [0.15, 0.2) is 0 Å². The first-order chi connectivity index (χ1) is 9.58. The highest BCUT2D eigenvalue weighted by Gasteiger charge is 2.31. The molecule has 0 amide bonds. The summed E-state index contributed by atoms with van der Waals surface area (Å²) in [5.41, 5.74) is 0.910. The summed E-state index contributed by atoms with van der Waals surface area (Å²) in [5.74, 6) is -0.224. The van der Waals surface area contributed by atoms with Crippen LogP contribution >= 0.6 is 0 Å². The molecule has 1 aromatic carbocycles. The first-order valence-electron chi connectivity index (χ1n) is 6.58. The van der Waals surface area contributed by atoms with Crippen LogP contribution in [0.1, 0.15) is 32.8 Å². The van der Waals surface area contributed by atoms with E-state index in [1.54, 1.807) is 12.1 Å². The van der Waals surface area contributed by atoms with E-state index in [9.17, 15) is 17.7 Å². The van der Waals surface area contributed by atoms with Crippen molar-refractivity contribution in [1.29, 1.82) is 0 Å². The van der Waals surface area contributed by atoms with E-state index in [0.717, 1.165) is 12.0 Å². The van der Waals surface area contributed by atoms with Gasteiger partial charge in [0, 0.05) is 17.9 Å². The van der Waals surface area contributed by atoms with Crippen molar-refractivity contribution in [2.75, 3.05) is 6.54 Å². The van der Waals surface area contributed by atoms with Gasteiger partial charge in [-0.3, -0.25) is 0 Å². The summed E-state index contributed by atoms with van der Waals surface area (Å²) in [4.78, 5) is 0. The average molecular weight is 323 g/mol. The molecule has 1 N–H and O–H groups in total. The molecule has 0 heterocycles. The second-order valence-corrected chi connectivity index (χ2v) is 7.62. The highest BCUT2D eigenvalue weighted by molar-refractivity contribution is 7.90. The van der Waals surface area contributed by atoms with Crippen LogP contribution in [0.2, 0.25) is 0 Å². The van der Waals surface area contributed by atoms with Crippen LogP contribution in [0, 0.1) is 0 Å². The molecule has 0 aliphatic rings. The van der Waals surface area contributed by atoms with E-state index < -0.39 is 17.7 Å². The third kappa shape index (κ3) is 7.59. The summed E-state index contributed by atoms with van der Waals surface area (Å²) >= 11 is -1.11. The predicted octanol–water partition coefficient (Wildman–Crippen LogP) is 3.57. The van der Waals surface area contributed by atoms with Crippen LogP contribution in [-0.4, -0.2) is 22.2 Å². The molecule has 0 saturated heterocycles. The molecule has 1 rings (SSSR count). The smallest absolute Gasteiger partial charge is 0.573 e. The minimum absolute atomic E-state index is 0.224. The molecule has 0 aliphatic heterocycles. The van der Waals surface area contributed by atoms with Crippen molar-refractivity contribution in [2.45, 2.75) is 44.7 Å². The van der Waals surface area contributed by atoms with E-state index in [1.807, 2.05) is 20.8 Å². The molecule has 0 saturated carbocycles. The van der Waals surface area contributed by atoms with Crippen LogP contribution in [0.25, 0.3) is 0 Å². The van der Waals surface area contributed by atoms with Crippen molar-refractivity contribution in [3.63, 3.8) is 0 Å². The third-order valence-electron chi connectivity index (χ3n) is 2.59. The van der Waals surface area contributed by atoms with Gasteiger partial charge in [0.25, 0.3) is 0 Å². The largest absolute Gasteiger partial charge is 0.598 e. The lowest BCUT2D eigenvalue weighted by molar-refractivity contribution is -0.274. The van der Waals surface area contributed by atoms with E-state index in [2.05, 4.69) is 9.46 Å². The van der Waals surface area contributed by atoms with Gasteiger partial charge in [-0.25, -0.2) is 0 Å². The maximum Gasteiger partial charge on any atom is 0.573 e. The molecular weight excluding hydrogens is 303 g/mol. The molecule has 1 atom stereocenters. The number of halogens is 3. The number of hydrogen-bond donors (Lipinski definition) is 1. The number of ether oxygens (including phenoxy) is 1. The topological polar surface area (TPSA) is 44.3 Å². The number of nitrogens with one attached hydrogen (secondary N) is 1. The van der Waals surface area contributed by atoms with Gasteiger partial charge in [0.1, 0.15) is 10.5 Å². The molecule has 3 nitrogen and oxygen atoms in total. The fraction of sp³-hybridized carbons (Fsp3) is 0.571. The quantitative estimate of drug-likeness (QED) is 0.643. The van der Waals surface area contributed by atoms with Crippen LogP contribution in [0.15, 0.2) is 24.3 Å². The van der Waals surface area contributed by atoms with Gasteiger partial charge in [-0.15, -0.1) is 17.9 Å². The fourth-order valence-corrected chi connectivity index (χ4v) is 2.29. The van der Waals surface area contributed by atoms with Crippen molar-refractivity contribution in [3.05, 3.63) is 29.8 Å². The first kappa shape index (κ1) is 18.1. The highest BCUT2D eigenvalue weighted by Crippen LogP contribution is 2.23. The summed E-state index contributed by atoms with van der Waals surface area (Å²) in [6, 6.07) is 5.79. The lowest BCUT2D eigenvalue weighted by Crippen LogP contribution is -2.39. The Kier molecular flexibility index (Phi) is 6.37. The Bertz CT molecular complexity index is 429. The van der Waals surface area contributed by atoms with Gasteiger partial charge in [0.2, 0.25) is 0 Å². The minimum Gasteiger partial charge on any atom is -0.598 e. The molecule has 0 unspecified atom stereocenters. The van der Waals surface area contributed by atoms with E-state index in [1.165, 1.54) is 12.1 Å². The third-order valence-corrected chi connectivity index (χ3v) is 4.17. The molecule has 7 heteroatoms. The molecule has 21 heavy (non-hydrogen) atoms. The zero-order valence-electron chi connectivity index (χ0n) is 12.3. The molecule has 0 aliphatic carbocycles. The van der Waals surface area contributed by atoms with E-state index in [0.29, 0.717) is 13.0 Å². The maximum atomic E-state index is 12.0. The molecule has 0 radical (unpaired) electrons. The van der Waals surface area contributed by atoms with Crippen molar-refractivity contribution < 1.29 is 22.5 Å². The Balaban J connectivity index is 2.33. The molecule has 0 aromatic heterocycles. The summed E-state index contributed by atoms with van der Waals surface area (Å²) in [7, 11) is 0. The van der Waals surface area contributed by atoms with Crippen molar-refractivity contribution >= 4 is 11.4 Å². The van der Waals surface area contributed by atoms with E-state index in [-0.39, 0.29) is 10.5 Å². The second kappa shape index (κ2) is 7.38. The molecular formula is C14H20F3NO2S. The first-order valence-corrected chi connectivity index (χ1v) is 7.73. The van der Waals surface area contributed by atoms with Crippen LogP contribution in [0.5, 0.6) is 5.75 Å². The summed E-state index contributed by atoms with van der Waals surface area (Å²) in [6.45, 7) is 6.24. The van der Waals surface area contributed by atoms with Gasteiger partial charge in [-0.05, 0) is 51.3 Å². The van der Waals surface area contributed by atoms with Crippen LogP contribution in [-0.2, 0) is 17.8 Å². The van der Waals surface area contributed by atoms with E-state index >= 15 is 0 Å². The Morgan fingerprint density at radius 1 is 1.14 bits per heavy atom. The molecule has 0 spiro atoms. The SMILES string of the molecule is CC(C)(C)[S@+]([O-])NCCCc1ccc(OC(F)(F)F)cc1. The Morgan fingerprint density at radius 2 is 1.71 bits per heavy atom. The predicted molar refractivity (Wildman–Crippen MR) is 77.3 cm³/mol. The zero-order valence-corrected chi connectivity index (χ0v) is 13.1. The van der Waals surface area contributed by atoms with Crippen molar-refractivity contribution in [1.82, 2.24) is 4.72 Å². The van der Waals surface area contributed by atoms with Gasteiger partial charge in [-0.1, -0.05) is 12.1 Å². The van der Waals surface area contributed by atoms with Gasteiger partial charge >= 0.3 is 6.36 Å². The van der Waals surface area contributed by atoms with Gasteiger partial charge in [-0.2, -0.15) is 0 Å². The standard InChI is InChI=1S/C14H20F3NO2S/c1-13(2,3)21(19)18-10-4-5-11-6-8-12(9-7-11)20-14(15,16)17/h6-9,18H,4-5,10H2,1-3H3/t21-/m0/s1. The highest BCUT2D eigenvalue weighted by atomic mass is 32.2. The molecule has 120 valence electrons. The number of rotatable bonds is 6. The van der Waals surface area contributed by atoms with Gasteiger partial charge < -0.3 is 9.29 Å². The molecule has 0 fully saturated rings. The van der Waals surface area contributed by atoms with E-state index in [4.69, 9.17) is 0 Å². The normalized spacial score (nSPS) is 14.0. The Hall–Kier alpha value is -0.920. The van der Waals surface area contributed by atoms with Crippen LogP contribution < -0.4 is 9.46 Å². The zero-order chi connectivity index (χ0) is 16.1. The molecule has 0 bridgehead atoms. The van der Waals surface area contributed by atoms with Crippen LogP contribution in [0.3, 0.4) is 0 Å². The van der Waals surface area contributed by atoms with Crippen molar-refractivity contribution in [3.8, 4) is 5.75 Å². The van der Waals surface area contributed by atoms with Gasteiger partial charge in [0.05, 0.1) is 0 Å². The Morgan fingerprint density at radius 3 is 2.19 bits per heavy atom. The summed E-state index contributed by atoms with van der Waals surface area (Å²) in [6.07, 6.45) is -3.22. The fourth-order valence-electron chi connectivity index (χ4n) is 1.53. The minimum atomic E-state index is -4.66. The van der Waals surface area contributed by atoms with Crippen LogP contribution in [0.4, 0.5) is 13.2 Å². The Labute approximate surface area is 126 Å². The number of aryl methyl sites for hydroxylation is 1. The summed E-state index contributed by atoms with van der Waals surface area (Å²) < 4.78 is 54.2. The lowest BCUT2D eigenvalue weighted by Gasteiger charge is -2.23. The summed E-state index contributed by atoms with van der Waals surface area (Å²) in [5, 5.41) is 0.